The average molecular weight is 501 g/mol. The van der Waals surface area contributed by atoms with Crippen molar-refractivity contribution in [3.8, 4) is 0 Å². The van der Waals surface area contributed by atoms with Crippen LogP contribution in [0, 0.1) is 0 Å². The minimum absolute atomic E-state index is 0.794. The van der Waals surface area contributed by atoms with E-state index < -0.39 is 16.1 Å². The molecule has 0 saturated carbocycles. The second-order valence-corrected chi connectivity index (χ2v) is 12.3. The Bertz CT molecular complexity index is 986. The molecule has 0 saturated heterocycles. The maximum absolute atomic E-state index is 6.33. The van der Waals surface area contributed by atoms with Crippen LogP contribution in [0.5, 0.6) is 0 Å². The second kappa shape index (κ2) is 12.2. The van der Waals surface area contributed by atoms with Gasteiger partial charge >= 0.3 is 0 Å². The van der Waals surface area contributed by atoms with E-state index in [4.69, 9.17) is 12.2 Å². The highest BCUT2D eigenvalue weighted by Gasteiger charge is 2.31. The van der Waals surface area contributed by atoms with Crippen molar-refractivity contribution in [2.45, 2.75) is 13.8 Å². The summed E-state index contributed by atoms with van der Waals surface area (Å²) in [7, 11) is -1.59. The highest BCUT2D eigenvalue weighted by molar-refractivity contribution is 7.83. The summed E-state index contributed by atoms with van der Waals surface area (Å²) in [6, 6.07) is 43.2. The van der Waals surface area contributed by atoms with E-state index in [0.717, 1.165) is 18.2 Å². The zero-order chi connectivity index (χ0) is 23.8. The third kappa shape index (κ3) is 5.56. The van der Waals surface area contributed by atoms with Crippen molar-refractivity contribution in [2.75, 3.05) is 13.1 Å². The number of thiocarbonyl (C=S) groups is 1. The lowest BCUT2D eigenvalue weighted by Gasteiger charge is -2.41. The normalized spacial score (nSPS) is 10.9. The lowest BCUT2D eigenvalue weighted by molar-refractivity contribution is 0.592. The van der Waals surface area contributed by atoms with Crippen molar-refractivity contribution < 1.29 is 0 Å². The molecule has 4 rings (SSSR count). The van der Waals surface area contributed by atoms with E-state index in [1.54, 1.807) is 0 Å². The van der Waals surface area contributed by atoms with Crippen LogP contribution in [0.3, 0.4) is 0 Å². The van der Waals surface area contributed by atoms with Gasteiger partial charge in [0.25, 0.3) is 0 Å². The van der Waals surface area contributed by atoms with Crippen LogP contribution >= 0.6 is 28.4 Å². The summed E-state index contributed by atoms with van der Waals surface area (Å²) >= 11 is 6.33. The molecule has 0 aliphatic carbocycles. The van der Waals surface area contributed by atoms with Gasteiger partial charge in [0.2, 0.25) is 0 Å². The van der Waals surface area contributed by atoms with Crippen LogP contribution in [0.1, 0.15) is 13.8 Å². The topological polar surface area (TPSA) is 6.48 Å². The molecular formula is C29H30N2P2S. The van der Waals surface area contributed by atoms with Gasteiger partial charge in [-0.15, -0.1) is 0 Å². The molecule has 0 bridgehead atoms. The second-order valence-electron chi connectivity index (χ2n) is 7.68. The number of nitrogens with zero attached hydrogens (tertiary/aromatic N) is 2. The third-order valence-corrected chi connectivity index (χ3v) is 11.3. The fourth-order valence-corrected chi connectivity index (χ4v) is 9.46. The summed E-state index contributed by atoms with van der Waals surface area (Å²) in [5.74, 6) is 0. The van der Waals surface area contributed by atoms with Gasteiger partial charge in [0, 0.05) is 34.3 Å². The number of rotatable bonds is 8. The molecule has 0 amide bonds. The molecule has 172 valence electrons. The van der Waals surface area contributed by atoms with Crippen molar-refractivity contribution in [3.05, 3.63) is 121 Å². The van der Waals surface area contributed by atoms with Gasteiger partial charge in [0.15, 0.2) is 5.11 Å². The van der Waals surface area contributed by atoms with E-state index in [1.165, 1.54) is 21.2 Å². The lowest BCUT2D eigenvalue weighted by Crippen LogP contribution is -2.43. The summed E-state index contributed by atoms with van der Waals surface area (Å²) in [5.41, 5.74) is 0. The van der Waals surface area contributed by atoms with Crippen LogP contribution < -0.4 is 21.2 Å². The van der Waals surface area contributed by atoms with E-state index in [-0.39, 0.29) is 0 Å². The van der Waals surface area contributed by atoms with Gasteiger partial charge in [-0.3, -0.25) is 0 Å². The largest absolute Gasteiger partial charge is 0.320 e. The van der Waals surface area contributed by atoms with Crippen molar-refractivity contribution in [2.24, 2.45) is 0 Å². The maximum atomic E-state index is 6.33. The van der Waals surface area contributed by atoms with Crippen LogP contribution in [-0.2, 0) is 0 Å². The van der Waals surface area contributed by atoms with Crippen LogP contribution in [0.2, 0.25) is 0 Å². The Morgan fingerprint density at radius 1 is 0.500 bits per heavy atom. The molecule has 5 heteroatoms. The van der Waals surface area contributed by atoms with Crippen molar-refractivity contribution in [1.82, 2.24) is 9.34 Å². The average Bonchev–Trinajstić information content (AvgIpc) is 2.92. The fourth-order valence-electron chi connectivity index (χ4n) is 3.99. The quantitative estimate of drug-likeness (QED) is 0.216. The first-order valence-corrected chi connectivity index (χ1v) is 14.6. The summed E-state index contributed by atoms with van der Waals surface area (Å²) in [6.45, 7) is 6.12. The minimum Gasteiger partial charge on any atom is -0.320 e. The Labute approximate surface area is 211 Å². The SMILES string of the molecule is CCN(C(=S)N(CC)P(c1ccccc1)c1ccccc1)P(c1ccccc1)c1ccccc1. The van der Waals surface area contributed by atoms with Crippen LogP contribution in [0.25, 0.3) is 0 Å². The highest BCUT2D eigenvalue weighted by Crippen LogP contribution is 2.44. The fraction of sp³-hybridized carbons (Fsp3) is 0.138. The van der Waals surface area contributed by atoms with Crippen LogP contribution in [0.4, 0.5) is 0 Å². The van der Waals surface area contributed by atoms with Gasteiger partial charge in [-0.1, -0.05) is 121 Å². The predicted molar refractivity (Wildman–Crippen MR) is 156 cm³/mol. The molecule has 0 aliphatic rings. The molecule has 0 heterocycles. The molecule has 0 fully saturated rings. The molecule has 0 aliphatic heterocycles. The van der Waals surface area contributed by atoms with Crippen LogP contribution in [-0.4, -0.2) is 27.5 Å². The Hall–Kier alpha value is -2.57. The summed E-state index contributed by atoms with van der Waals surface area (Å²) in [4.78, 5) is 0. The van der Waals surface area contributed by atoms with Crippen molar-refractivity contribution in [1.29, 1.82) is 0 Å². The maximum Gasteiger partial charge on any atom is 0.179 e. The number of hydrogen-bond acceptors (Lipinski definition) is 1. The molecular weight excluding hydrogens is 470 g/mol. The van der Waals surface area contributed by atoms with E-state index in [1.807, 2.05) is 0 Å². The molecule has 0 spiro atoms. The molecule has 4 aromatic carbocycles. The zero-order valence-electron chi connectivity index (χ0n) is 19.7. The Kier molecular flexibility index (Phi) is 8.83. The Morgan fingerprint density at radius 2 is 0.735 bits per heavy atom. The molecule has 0 radical (unpaired) electrons. The third-order valence-electron chi connectivity index (χ3n) is 5.53. The molecule has 0 unspecified atom stereocenters. The van der Waals surface area contributed by atoms with E-state index in [0.29, 0.717) is 0 Å². The molecule has 0 atom stereocenters. The van der Waals surface area contributed by atoms with E-state index in [9.17, 15) is 0 Å². The number of benzene rings is 4. The Morgan fingerprint density at radius 3 is 0.941 bits per heavy atom. The van der Waals surface area contributed by atoms with E-state index >= 15 is 0 Å². The molecule has 0 aromatic heterocycles. The minimum atomic E-state index is -0.794. The first kappa shape index (κ1) is 24.6. The monoisotopic (exact) mass is 500 g/mol. The summed E-state index contributed by atoms with van der Waals surface area (Å²) in [5, 5.41) is 6.17. The van der Waals surface area contributed by atoms with Gasteiger partial charge in [-0.05, 0) is 26.1 Å². The Balaban J connectivity index is 1.79. The predicted octanol–water partition coefficient (Wildman–Crippen LogP) is 6.01. The van der Waals surface area contributed by atoms with Crippen molar-refractivity contribution >= 4 is 54.7 Å². The summed E-state index contributed by atoms with van der Waals surface area (Å²) < 4.78 is 4.89. The number of hydrogen-bond donors (Lipinski definition) is 0. The molecule has 2 nitrogen and oxygen atoms in total. The lowest BCUT2D eigenvalue weighted by atomic mass is 10.4. The van der Waals surface area contributed by atoms with Crippen molar-refractivity contribution in [3.63, 3.8) is 0 Å². The smallest absolute Gasteiger partial charge is 0.179 e. The van der Waals surface area contributed by atoms with Crippen LogP contribution in [0.15, 0.2) is 121 Å². The first-order chi connectivity index (χ1) is 16.7. The van der Waals surface area contributed by atoms with Gasteiger partial charge < -0.3 is 9.34 Å². The van der Waals surface area contributed by atoms with Gasteiger partial charge in [-0.2, -0.15) is 0 Å². The van der Waals surface area contributed by atoms with Gasteiger partial charge in [-0.25, -0.2) is 0 Å². The van der Waals surface area contributed by atoms with E-state index in [2.05, 4.69) is 145 Å². The first-order valence-electron chi connectivity index (χ1n) is 11.6. The van der Waals surface area contributed by atoms with Gasteiger partial charge in [0.05, 0.1) is 16.1 Å². The highest BCUT2D eigenvalue weighted by atomic mass is 32.1. The van der Waals surface area contributed by atoms with Gasteiger partial charge in [0.1, 0.15) is 0 Å². The molecule has 34 heavy (non-hydrogen) atoms. The molecule has 4 aromatic rings. The summed E-state index contributed by atoms with van der Waals surface area (Å²) in [6.07, 6.45) is 0. The standard InChI is InChI=1S/C29H30N2P2S/c1-3-30(32(25-17-9-5-10-18-25)26-19-11-6-12-20-26)29(34)31(4-2)33(27-21-13-7-14-22-27)28-23-15-8-16-24-28/h5-24H,3-4H2,1-2H3. The zero-order valence-corrected chi connectivity index (χ0v) is 22.3. The molecule has 0 N–H and O–H groups in total.